The number of benzene rings is 8. The third-order valence-corrected chi connectivity index (χ3v) is 10.8. The average molecular weight is 671 g/mol. The van der Waals surface area contributed by atoms with E-state index < -0.39 is 0 Å². The monoisotopic (exact) mass is 670 g/mol. The Balaban J connectivity index is 1.09. The normalized spacial score (nSPS) is 11.5. The zero-order chi connectivity index (χ0) is 33.7. The Morgan fingerprint density at radius 2 is 1.14 bits per heavy atom. The number of fused-ring (bicyclic) bond motifs is 5. The van der Waals surface area contributed by atoms with Crippen molar-refractivity contribution in [3.63, 3.8) is 0 Å². The number of oxazole rings is 1. The van der Waals surface area contributed by atoms with E-state index in [-0.39, 0.29) is 0 Å². The topological polar surface area (TPSA) is 29.3 Å². The summed E-state index contributed by atoms with van der Waals surface area (Å²) in [7, 11) is 0. The Bertz CT molecular complexity index is 2870. The Hall–Kier alpha value is -6.49. The van der Waals surface area contributed by atoms with Crippen molar-refractivity contribution in [2.24, 2.45) is 0 Å². The van der Waals surface area contributed by atoms with Crippen LogP contribution < -0.4 is 4.90 Å². The summed E-state index contributed by atoms with van der Waals surface area (Å²) >= 11 is 1.84. The molecule has 3 nitrogen and oxygen atoms in total. The molecule has 0 saturated heterocycles. The number of anilines is 3. The number of hydrogen-bond acceptors (Lipinski definition) is 4. The van der Waals surface area contributed by atoms with E-state index in [4.69, 9.17) is 9.40 Å². The fourth-order valence-corrected chi connectivity index (χ4v) is 8.36. The van der Waals surface area contributed by atoms with E-state index in [0.717, 1.165) is 50.2 Å². The predicted octanol–water partition coefficient (Wildman–Crippen LogP) is 13.8. The molecule has 0 radical (unpaired) electrons. The highest BCUT2D eigenvalue weighted by Gasteiger charge is 2.19. The van der Waals surface area contributed by atoms with E-state index in [2.05, 4.69) is 181 Å². The van der Waals surface area contributed by atoms with Crippen LogP contribution in [-0.2, 0) is 0 Å². The molecule has 0 fully saturated rings. The van der Waals surface area contributed by atoms with Gasteiger partial charge in [-0.15, -0.1) is 11.3 Å². The smallest absolute Gasteiger partial charge is 0.227 e. The lowest BCUT2D eigenvalue weighted by atomic mass is 10.0. The lowest BCUT2D eigenvalue weighted by molar-refractivity contribution is 0.621. The van der Waals surface area contributed by atoms with Crippen molar-refractivity contribution in [2.75, 3.05) is 4.90 Å². The third-order valence-electron chi connectivity index (χ3n) is 9.70. The molecule has 2 heterocycles. The average Bonchev–Trinajstić information content (AvgIpc) is 3.81. The molecule has 51 heavy (non-hydrogen) atoms. The molecule has 0 N–H and O–H groups in total. The molecule has 240 valence electrons. The second-order valence-electron chi connectivity index (χ2n) is 12.8. The molecule has 0 aliphatic rings. The summed E-state index contributed by atoms with van der Waals surface area (Å²) in [4.78, 5) is 7.28. The van der Waals surface area contributed by atoms with Crippen molar-refractivity contribution in [1.82, 2.24) is 4.98 Å². The summed E-state index contributed by atoms with van der Waals surface area (Å²) in [5, 5.41) is 4.95. The quantitative estimate of drug-likeness (QED) is 0.176. The first-order chi connectivity index (χ1) is 25.3. The van der Waals surface area contributed by atoms with Gasteiger partial charge < -0.3 is 9.32 Å². The molecule has 0 bridgehead atoms. The van der Waals surface area contributed by atoms with Crippen molar-refractivity contribution >= 4 is 70.4 Å². The van der Waals surface area contributed by atoms with E-state index in [0.29, 0.717) is 5.89 Å². The summed E-state index contributed by atoms with van der Waals surface area (Å²) in [6.07, 6.45) is 0. The predicted molar refractivity (Wildman–Crippen MR) is 215 cm³/mol. The van der Waals surface area contributed by atoms with Gasteiger partial charge in [-0.1, -0.05) is 127 Å². The molecule has 4 heteroatoms. The minimum atomic E-state index is 0.625. The van der Waals surface area contributed by atoms with Gasteiger partial charge in [-0.3, -0.25) is 0 Å². The Morgan fingerprint density at radius 3 is 2.04 bits per heavy atom. The van der Waals surface area contributed by atoms with Crippen molar-refractivity contribution in [1.29, 1.82) is 0 Å². The van der Waals surface area contributed by atoms with E-state index in [1.54, 1.807) is 0 Å². The first-order valence-electron chi connectivity index (χ1n) is 17.1. The SMILES string of the molecule is c1ccc(-c2ccccc2N(c2ccc(-c3cccc4nc(-c5ccc6ccccc6c5)oc34)cc2)c2ccc3c(c2)sc2ccccc23)cc1. The maximum absolute atomic E-state index is 6.52. The number of nitrogens with zero attached hydrogens (tertiary/aromatic N) is 2. The number of aromatic nitrogens is 1. The van der Waals surface area contributed by atoms with Crippen LogP contribution in [0.15, 0.2) is 186 Å². The molecular formula is C47H30N2OS. The van der Waals surface area contributed by atoms with Crippen LogP contribution in [0, 0.1) is 0 Å². The van der Waals surface area contributed by atoms with Gasteiger partial charge in [0.15, 0.2) is 5.58 Å². The van der Waals surface area contributed by atoms with Gasteiger partial charge in [0, 0.05) is 48.2 Å². The maximum atomic E-state index is 6.52. The lowest BCUT2D eigenvalue weighted by Crippen LogP contribution is -2.11. The Labute approximate surface area is 299 Å². The highest BCUT2D eigenvalue weighted by Crippen LogP contribution is 2.44. The Morgan fingerprint density at radius 1 is 0.451 bits per heavy atom. The molecule has 0 aliphatic heterocycles. The van der Waals surface area contributed by atoms with Crippen LogP contribution in [0.25, 0.3) is 75.8 Å². The molecular weight excluding hydrogens is 641 g/mol. The van der Waals surface area contributed by atoms with Gasteiger partial charge in [0.2, 0.25) is 5.89 Å². The number of para-hydroxylation sites is 2. The molecule has 10 rings (SSSR count). The summed E-state index contributed by atoms with van der Waals surface area (Å²) in [5.41, 5.74) is 10.3. The molecule has 8 aromatic carbocycles. The second-order valence-corrected chi connectivity index (χ2v) is 13.9. The number of thiophene rings is 1. The molecule has 0 atom stereocenters. The third kappa shape index (κ3) is 5.16. The summed E-state index contributed by atoms with van der Waals surface area (Å²) in [6, 6.07) is 64.5. The maximum Gasteiger partial charge on any atom is 0.227 e. The second kappa shape index (κ2) is 12.1. The van der Waals surface area contributed by atoms with E-state index in [1.807, 2.05) is 17.4 Å². The minimum Gasteiger partial charge on any atom is -0.435 e. The van der Waals surface area contributed by atoms with E-state index in [1.165, 1.54) is 36.7 Å². The molecule has 0 amide bonds. The van der Waals surface area contributed by atoms with Crippen molar-refractivity contribution < 1.29 is 4.42 Å². The minimum absolute atomic E-state index is 0.625. The van der Waals surface area contributed by atoms with Gasteiger partial charge in [-0.25, -0.2) is 4.98 Å². The van der Waals surface area contributed by atoms with Crippen LogP contribution >= 0.6 is 11.3 Å². The molecule has 0 aliphatic carbocycles. The van der Waals surface area contributed by atoms with Crippen molar-refractivity contribution in [3.8, 4) is 33.7 Å². The Kier molecular flexibility index (Phi) is 7.00. The lowest BCUT2D eigenvalue weighted by Gasteiger charge is -2.28. The summed E-state index contributed by atoms with van der Waals surface area (Å²) in [5.74, 6) is 0.625. The van der Waals surface area contributed by atoms with Gasteiger partial charge >= 0.3 is 0 Å². The molecule has 2 aromatic heterocycles. The van der Waals surface area contributed by atoms with Gasteiger partial charge in [-0.2, -0.15) is 0 Å². The van der Waals surface area contributed by atoms with Crippen LogP contribution in [0.5, 0.6) is 0 Å². The highest BCUT2D eigenvalue weighted by molar-refractivity contribution is 7.25. The highest BCUT2D eigenvalue weighted by atomic mass is 32.1. The van der Waals surface area contributed by atoms with Crippen LogP contribution in [0.3, 0.4) is 0 Å². The zero-order valence-corrected chi connectivity index (χ0v) is 28.3. The summed E-state index contributed by atoms with van der Waals surface area (Å²) in [6.45, 7) is 0. The summed E-state index contributed by atoms with van der Waals surface area (Å²) < 4.78 is 9.09. The zero-order valence-electron chi connectivity index (χ0n) is 27.5. The molecule has 10 aromatic rings. The van der Waals surface area contributed by atoms with Gasteiger partial charge in [0.25, 0.3) is 0 Å². The largest absolute Gasteiger partial charge is 0.435 e. The van der Waals surface area contributed by atoms with Crippen molar-refractivity contribution in [3.05, 3.63) is 182 Å². The van der Waals surface area contributed by atoms with E-state index >= 15 is 0 Å². The van der Waals surface area contributed by atoms with Gasteiger partial charge in [-0.05, 0) is 76.5 Å². The number of rotatable bonds is 6. The molecule has 0 unspecified atom stereocenters. The van der Waals surface area contributed by atoms with Gasteiger partial charge in [0.05, 0.1) is 5.69 Å². The number of hydrogen-bond donors (Lipinski definition) is 0. The van der Waals surface area contributed by atoms with Crippen LogP contribution in [0.1, 0.15) is 0 Å². The molecule has 0 spiro atoms. The first kappa shape index (κ1) is 29.4. The van der Waals surface area contributed by atoms with Crippen LogP contribution in [-0.4, -0.2) is 4.98 Å². The fraction of sp³-hybridized carbons (Fsp3) is 0. The van der Waals surface area contributed by atoms with Gasteiger partial charge in [0.1, 0.15) is 5.52 Å². The van der Waals surface area contributed by atoms with Crippen LogP contribution in [0.4, 0.5) is 17.1 Å². The van der Waals surface area contributed by atoms with Crippen molar-refractivity contribution in [2.45, 2.75) is 0 Å². The van der Waals surface area contributed by atoms with E-state index in [9.17, 15) is 0 Å². The standard InChI is InChI=1S/C47H30N2OS/c1-2-12-32(13-3-1)38-15-6-8-19-43(38)49(37-27-28-41-40-16-7-9-20-44(40)51-45(41)30-37)36-25-23-33(24-26-36)39-17-10-18-42-46(39)50-47(48-42)35-22-21-31-11-4-5-14-34(31)29-35/h1-30H. The van der Waals surface area contributed by atoms with Crippen LogP contribution in [0.2, 0.25) is 0 Å². The fourth-order valence-electron chi connectivity index (χ4n) is 7.22. The first-order valence-corrected chi connectivity index (χ1v) is 17.9. The molecule has 0 saturated carbocycles.